The molecule has 3 atom stereocenters. The molecule has 0 aromatic heterocycles. The Balaban J connectivity index is 2.28. The maximum atomic E-state index is 10.1. The van der Waals surface area contributed by atoms with Crippen molar-refractivity contribution in [3.63, 3.8) is 0 Å². The van der Waals surface area contributed by atoms with Crippen LogP contribution in [-0.2, 0) is 14.9 Å². The van der Waals surface area contributed by atoms with Crippen LogP contribution in [0.3, 0.4) is 0 Å². The first-order valence-corrected chi connectivity index (χ1v) is 7.34. The Bertz CT molecular complexity index is 803. The molecule has 7 nitrogen and oxygen atoms in total. The lowest BCUT2D eigenvalue weighted by Crippen LogP contribution is -2.44. The standard InChI is InChI=1S/C17H18N4O3/c1-14(11-5-7-12(22-2)8-6-11)15(9-18)13(20)21-17(23-3,24-4)16(14,15)10-19/h5-8H,1-4H3,(H2,20,21)/t14-,15+,16-/m1/s1. The Morgan fingerprint density at radius 1 is 1.04 bits per heavy atom. The number of nitrogens with zero attached hydrogens (tertiary/aromatic N) is 3. The van der Waals surface area contributed by atoms with Crippen LogP contribution >= 0.6 is 0 Å². The number of methoxy groups -OCH3 is 3. The number of ether oxygens (including phenoxy) is 3. The highest BCUT2D eigenvalue weighted by atomic mass is 16.7. The fourth-order valence-corrected chi connectivity index (χ4v) is 4.40. The second-order valence-electron chi connectivity index (χ2n) is 6.06. The van der Waals surface area contributed by atoms with Gasteiger partial charge in [-0.25, -0.2) is 4.99 Å². The van der Waals surface area contributed by atoms with E-state index in [2.05, 4.69) is 17.1 Å². The van der Waals surface area contributed by atoms with Gasteiger partial charge in [-0.1, -0.05) is 19.1 Å². The average molecular weight is 326 g/mol. The van der Waals surface area contributed by atoms with Crippen molar-refractivity contribution in [1.82, 2.24) is 0 Å². The van der Waals surface area contributed by atoms with Gasteiger partial charge in [0.05, 0.1) is 19.2 Å². The highest BCUT2D eigenvalue weighted by Crippen LogP contribution is 2.85. The molecule has 0 unspecified atom stereocenters. The van der Waals surface area contributed by atoms with Gasteiger partial charge >= 0.3 is 0 Å². The van der Waals surface area contributed by atoms with Crippen molar-refractivity contribution in [2.45, 2.75) is 18.2 Å². The minimum absolute atomic E-state index is 0.0496. The van der Waals surface area contributed by atoms with Gasteiger partial charge in [-0.2, -0.15) is 10.5 Å². The van der Waals surface area contributed by atoms with Gasteiger partial charge in [-0.3, -0.25) is 0 Å². The first kappa shape index (κ1) is 16.3. The third kappa shape index (κ3) is 1.25. The SMILES string of the molecule is COc1ccc([C@]2(C)[C@]3(C#N)C(N)=NC(OC)(OC)[C@@]32C#N)cc1. The number of nitrogens with two attached hydrogens (primary N) is 1. The molecule has 1 heterocycles. The molecular formula is C17H18N4O3. The van der Waals surface area contributed by atoms with E-state index in [9.17, 15) is 10.5 Å². The first-order valence-electron chi connectivity index (χ1n) is 7.34. The first-order chi connectivity index (χ1) is 11.4. The molecule has 1 aliphatic heterocycles. The van der Waals surface area contributed by atoms with Crippen molar-refractivity contribution in [3.05, 3.63) is 29.8 Å². The van der Waals surface area contributed by atoms with E-state index in [1.807, 2.05) is 19.1 Å². The van der Waals surface area contributed by atoms with Gasteiger partial charge in [0.25, 0.3) is 5.91 Å². The van der Waals surface area contributed by atoms with E-state index < -0.39 is 22.2 Å². The highest BCUT2D eigenvalue weighted by molar-refractivity contribution is 6.02. The molecule has 0 radical (unpaired) electrons. The van der Waals surface area contributed by atoms with Crippen LogP contribution in [0, 0.1) is 33.5 Å². The van der Waals surface area contributed by atoms with E-state index in [-0.39, 0.29) is 5.84 Å². The number of nitriles is 2. The van der Waals surface area contributed by atoms with Gasteiger partial charge in [-0.05, 0) is 17.7 Å². The van der Waals surface area contributed by atoms with Crippen molar-refractivity contribution in [1.29, 1.82) is 10.5 Å². The minimum Gasteiger partial charge on any atom is -0.497 e. The molecule has 2 N–H and O–H groups in total. The summed E-state index contributed by atoms with van der Waals surface area (Å²) in [5.74, 6) is -0.902. The van der Waals surface area contributed by atoms with Gasteiger partial charge in [-0.15, -0.1) is 0 Å². The molecule has 0 saturated heterocycles. The number of fused-ring (bicyclic) bond motifs is 1. The molecule has 3 rings (SSSR count). The predicted molar refractivity (Wildman–Crippen MR) is 84.8 cm³/mol. The van der Waals surface area contributed by atoms with Crippen LogP contribution < -0.4 is 10.5 Å². The third-order valence-electron chi connectivity index (χ3n) is 5.68. The van der Waals surface area contributed by atoms with Crippen molar-refractivity contribution < 1.29 is 14.2 Å². The fourth-order valence-electron chi connectivity index (χ4n) is 4.40. The summed E-state index contributed by atoms with van der Waals surface area (Å²) in [5, 5.41) is 20.0. The maximum Gasteiger partial charge on any atom is 0.293 e. The fraction of sp³-hybridized carbons (Fsp3) is 0.471. The second-order valence-corrected chi connectivity index (χ2v) is 6.06. The van der Waals surface area contributed by atoms with Gasteiger partial charge in [0.15, 0.2) is 10.8 Å². The third-order valence-corrected chi connectivity index (χ3v) is 5.68. The monoisotopic (exact) mass is 326 g/mol. The molecule has 7 heteroatoms. The molecule has 1 aromatic rings. The van der Waals surface area contributed by atoms with Crippen LogP contribution in [0.4, 0.5) is 0 Å². The molecule has 1 aromatic carbocycles. The summed E-state index contributed by atoms with van der Waals surface area (Å²) >= 11 is 0. The number of hydrogen-bond donors (Lipinski definition) is 1. The lowest BCUT2D eigenvalue weighted by molar-refractivity contribution is -0.233. The zero-order chi connectivity index (χ0) is 17.8. The van der Waals surface area contributed by atoms with Gasteiger partial charge in [0, 0.05) is 19.6 Å². The normalized spacial score (nSPS) is 35.3. The van der Waals surface area contributed by atoms with Crippen LogP contribution in [0.15, 0.2) is 29.3 Å². The summed E-state index contributed by atoms with van der Waals surface area (Å²) < 4.78 is 16.1. The predicted octanol–water partition coefficient (Wildman–Crippen LogP) is 1.30. The molecule has 2 aliphatic rings. The van der Waals surface area contributed by atoms with Crippen LogP contribution in [0.2, 0.25) is 0 Å². The number of amidine groups is 1. The Labute approximate surface area is 140 Å². The van der Waals surface area contributed by atoms with E-state index >= 15 is 0 Å². The molecule has 0 bridgehead atoms. The van der Waals surface area contributed by atoms with E-state index in [1.165, 1.54) is 14.2 Å². The van der Waals surface area contributed by atoms with Crippen LogP contribution in [0.25, 0.3) is 0 Å². The number of benzene rings is 1. The van der Waals surface area contributed by atoms with Crippen molar-refractivity contribution in [2.75, 3.05) is 21.3 Å². The zero-order valence-corrected chi connectivity index (χ0v) is 14.0. The highest BCUT2D eigenvalue weighted by Gasteiger charge is 2.99. The molecule has 0 amide bonds. The molecule has 1 fully saturated rings. The lowest BCUT2D eigenvalue weighted by atomic mass is 9.84. The number of rotatable bonds is 4. The van der Waals surface area contributed by atoms with Gasteiger partial charge < -0.3 is 19.9 Å². The van der Waals surface area contributed by atoms with E-state index in [1.54, 1.807) is 19.2 Å². The summed E-state index contributed by atoms with van der Waals surface area (Å²) in [6.07, 6.45) is 0. The summed E-state index contributed by atoms with van der Waals surface area (Å²) in [4.78, 5) is 4.21. The molecule has 124 valence electrons. The number of hydrogen-bond acceptors (Lipinski definition) is 7. The van der Waals surface area contributed by atoms with E-state index in [0.717, 1.165) is 5.56 Å². The summed E-state index contributed by atoms with van der Waals surface area (Å²) in [6.45, 7) is 1.82. The Morgan fingerprint density at radius 2 is 1.62 bits per heavy atom. The van der Waals surface area contributed by atoms with Crippen LogP contribution in [-0.4, -0.2) is 33.1 Å². The second kappa shape index (κ2) is 4.70. The topological polar surface area (TPSA) is 114 Å². The number of aliphatic imine (C=N–C) groups is 1. The molecule has 0 spiro atoms. The molecule has 1 saturated carbocycles. The largest absolute Gasteiger partial charge is 0.497 e. The quantitative estimate of drug-likeness (QED) is 0.834. The van der Waals surface area contributed by atoms with E-state index in [4.69, 9.17) is 19.9 Å². The van der Waals surface area contributed by atoms with E-state index in [0.29, 0.717) is 5.75 Å². The molecule has 24 heavy (non-hydrogen) atoms. The van der Waals surface area contributed by atoms with Gasteiger partial charge in [0.2, 0.25) is 0 Å². The Morgan fingerprint density at radius 3 is 2.04 bits per heavy atom. The smallest absolute Gasteiger partial charge is 0.293 e. The lowest BCUT2D eigenvalue weighted by Gasteiger charge is -2.32. The summed E-state index contributed by atoms with van der Waals surface area (Å²) in [5.41, 5.74) is 3.23. The van der Waals surface area contributed by atoms with Crippen molar-refractivity contribution in [3.8, 4) is 17.9 Å². The summed E-state index contributed by atoms with van der Waals surface area (Å²) in [7, 11) is 4.35. The molecular weight excluding hydrogens is 308 g/mol. The summed E-state index contributed by atoms with van der Waals surface area (Å²) in [6, 6.07) is 11.7. The van der Waals surface area contributed by atoms with Crippen molar-refractivity contribution >= 4 is 5.84 Å². The minimum atomic E-state index is -1.63. The zero-order valence-electron chi connectivity index (χ0n) is 14.0. The average Bonchev–Trinajstić information content (AvgIpc) is 3.04. The van der Waals surface area contributed by atoms with Crippen LogP contribution in [0.5, 0.6) is 5.75 Å². The van der Waals surface area contributed by atoms with Crippen LogP contribution in [0.1, 0.15) is 12.5 Å². The van der Waals surface area contributed by atoms with Crippen molar-refractivity contribution in [2.24, 2.45) is 21.6 Å². The Kier molecular flexibility index (Phi) is 3.18. The van der Waals surface area contributed by atoms with Gasteiger partial charge in [0.1, 0.15) is 11.6 Å². The maximum absolute atomic E-state index is 10.1. The Hall–Kier alpha value is -2.61. The molecule has 1 aliphatic carbocycles.